The second-order valence-corrected chi connectivity index (χ2v) is 6.84. The highest BCUT2D eigenvalue weighted by molar-refractivity contribution is 7.80. The summed E-state index contributed by atoms with van der Waals surface area (Å²) < 4.78 is 0. The molecule has 0 aromatic rings. The molecule has 5 heteroatoms. The third-order valence-electron chi connectivity index (χ3n) is 5.03. The van der Waals surface area contributed by atoms with Crippen molar-refractivity contribution in [2.45, 2.75) is 58.0 Å². The molecule has 4 nitrogen and oxygen atoms in total. The molecule has 0 aromatic carbocycles. The van der Waals surface area contributed by atoms with Gasteiger partial charge in [0.25, 0.3) is 0 Å². The van der Waals surface area contributed by atoms with Crippen LogP contribution in [0, 0.1) is 11.3 Å². The van der Waals surface area contributed by atoms with Gasteiger partial charge in [-0.05, 0) is 26.2 Å². The van der Waals surface area contributed by atoms with Crippen molar-refractivity contribution in [3.05, 3.63) is 0 Å². The van der Waals surface area contributed by atoms with Gasteiger partial charge in [0.2, 0.25) is 5.91 Å². The van der Waals surface area contributed by atoms with E-state index in [0.717, 1.165) is 51.5 Å². The first-order valence-corrected chi connectivity index (χ1v) is 8.15. The summed E-state index contributed by atoms with van der Waals surface area (Å²) in [6, 6.07) is 0. The number of nitrogens with zero attached hydrogens (tertiary/aromatic N) is 1. The number of amides is 1. The molecule has 1 aliphatic carbocycles. The van der Waals surface area contributed by atoms with Gasteiger partial charge in [0, 0.05) is 19.0 Å². The summed E-state index contributed by atoms with van der Waals surface area (Å²) in [5.74, 6) is 0.295. The van der Waals surface area contributed by atoms with Crippen molar-refractivity contribution >= 4 is 23.1 Å². The van der Waals surface area contributed by atoms with Crippen molar-refractivity contribution in [2.24, 2.45) is 17.1 Å². The Balaban J connectivity index is 2.13. The fourth-order valence-electron chi connectivity index (χ4n) is 3.57. The number of carbonyl (C=O) groups excluding carboxylic acids is 1. The molecule has 114 valence electrons. The van der Waals surface area contributed by atoms with Crippen LogP contribution in [0.25, 0.3) is 0 Å². The largest absolute Gasteiger partial charge is 0.393 e. The number of thiocarbonyl (C=S) groups is 1. The van der Waals surface area contributed by atoms with Crippen LogP contribution in [0.1, 0.15) is 51.9 Å². The number of aliphatic hydroxyl groups excluding tert-OH is 1. The highest BCUT2D eigenvalue weighted by atomic mass is 32.1. The van der Waals surface area contributed by atoms with Crippen molar-refractivity contribution < 1.29 is 9.90 Å². The molecule has 1 amide bonds. The van der Waals surface area contributed by atoms with E-state index < -0.39 is 5.41 Å². The van der Waals surface area contributed by atoms with Gasteiger partial charge in [0.15, 0.2) is 0 Å². The Bertz CT molecular complexity index is 376. The van der Waals surface area contributed by atoms with Crippen molar-refractivity contribution in [2.75, 3.05) is 13.1 Å². The van der Waals surface area contributed by atoms with Crippen LogP contribution in [0.4, 0.5) is 0 Å². The summed E-state index contributed by atoms with van der Waals surface area (Å²) in [5.41, 5.74) is 5.34. The van der Waals surface area contributed by atoms with E-state index in [9.17, 15) is 9.90 Å². The summed E-state index contributed by atoms with van der Waals surface area (Å²) >= 11 is 5.26. The number of likely N-dealkylation sites (tertiary alicyclic amines) is 1. The normalized spacial score (nSPS) is 27.9. The number of nitrogens with two attached hydrogens (primary N) is 1. The highest BCUT2D eigenvalue weighted by Crippen LogP contribution is 2.38. The zero-order valence-corrected chi connectivity index (χ0v) is 13.1. The van der Waals surface area contributed by atoms with Crippen LogP contribution >= 0.6 is 12.2 Å². The lowest BCUT2D eigenvalue weighted by Crippen LogP contribution is -2.50. The van der Waals surface area contributed by atoms with Crippen molar-refractivity contribution in [1.82, 2.24) is 4.90 Å². The molecular weight excluding hydrogens is 272 g/mol. The van der Waals surface area contributed by atoms with E-state index in [2.05, 4.69) is 0 Å². The number of aliphatic hydroxyl groups is 1. The van der Waals surface area contributed by atoms with E-state index in [1.807, 2.05) is 4.90 Å². The Labute approximate surface area is 126 Å². The Morgan fingerprint density at radius 1 is 1.35 bits per heavy atom. The van der Waals surface area contributed by atoms with Gasteiger partial charge < -0.3 is 15.7 Å². The van der Waals surface area contributed by atoms with Crippen LogP contribution in [-0.2, 0) is 4.79 Å². The summed E-state index contributed by atoms with van der Waals surface area (Å²) in [7, 11) is 0. The Hall–Kier alpha value is -0.680. The van der Waals surface area contributed by atoms with Crippen LogP contribution in [0.2, 0.25) is 0 Å². The minimum Gasteiger partial charge on any atom is -0.393 e. The molecule has 2 unspecified atom stereocenters. The zero-order valence-electron chi connectivity index (χ0n) is 12.3. The Kier molecular flexibility index (Phi) is 5.02. The van der Waals surface area contributed by atoms with Crippen molar-refractivity contribution in [1.29, 1.82) is 0 Å². The van der Waals surface area contributed by atoms with Gasteiger partial charge in [0.1, 0.15) is 0 Å². The second-order valence-electron chi connectivity index (χ2n) is 6.40. The van der Waals surface area contributed by atoms with Gasteiger partial charge in [0.05, 0.1) is 16.5 Å². The summed E-state index contributed by atoms with van der Waals surface area (Å²) in [5, 5.41) is 9.69. The second kappa shape index (κ2) is 6.39. The van der Waals surface area contributed by atoms with E-state index in [4.69, 9.17) is 18.0 Å². The molecule has 1 aliphatic heterocycles. The predicted octanol–water partition coefficient (Wildman–Crippen LogP) is 1.84. The van der Waals surface area contributed by atoms with E-state index in [0.29, 0.717) is 11.5 Å². The van der Waals surface area contributed by atoms with Gasteiger partial charge >= 0.3 is 0 Å². The molecule has 3 N–H and O–H groups in total. The number of hydrogen-bond acceptors (Lipinski definition) is 3. The lowest BCUT2D eigenvalue weighted by atomic mass is 9.79. The highest BCUT2D eigenvalue weighted by Gasteiger charge is 2.45. The van der Waals surface area contributed by atoms with Gasteiger partial charge in [-0.3, -0.25) is 4.79 Å². The van der Waals surface area contributed by atoms with Crippen LogP contribution in [-0.4, -0.2) is 40.1 Å². The SMILES string of the molecule is CC(O)C1CCN(C(=O)C2(C(N)=S)CCCCCC2)C1. The van der Waals surface area contributed by atoms with Gasteiger partial charge in [-0.2, -0.15) is 0 Å². The third kappa shape index (κ3) is 2.98. The summed E-state index contributed by atoms with van der Waals surface area (Å²) in [6.07, 6.45) is 6.46. The van der Waals surface area contributed by atoms with E-state index in [1.54, 1.807) is 6.92 Å². The lowest BCUT2D eigenvalue weighted by molar-refractivity contribution is -0.138. The fourth-order valence-corrected chi connectivity index (χ4v) is 3.86. The molecule has 0 bridgehead atoms. The average molecular weight is 298 g/mol. The molecule has 2 fully saturated rings. The van der Waals surface area contributed by atoms with Crippen LogP contribution in [0.15, 0.2) is 0 Å². The molecule has 2 atom stereocenters. The third-order valence-corrected chi connectivity index (χ3v) is 5.42. The van der Waals surface area contributed by atoms with Crippen molar-refractivity contribution in [3.8, 4) is 0 Å². The van der Waals surface area contributed by atoms with E-state index in [-0.39, 0.29) is 17.9 Å². The monoisotopic (exact) mass is 298 g/mol. The molecular formula is C15H26N2O2S. The first kappa shape index (κ1) is 15.7. The molecule has 0 aromatic heterocycles. The van der Waals surface area contributed by atoms with Crippen LogP contribution < -0.4 is 5.73 Å². The molecule has 2 aliphatic rings. The van der Waals surface area contributed by atoms with Gasteiger partial charge in [-0.15, -0.1) is 0 Å². The van der Waals surface area contributed by atoms with E-state index >= 15 is 0 Å². The maximum Gasteiger partial charge on any atom is 0.235 e. The maximum atomic E-state index is 13.0. The Morgan fingerprint density at radius 3 is 2.40 bits per heavy atom. The van der Waals surface area contributed by atoms with Crippen LogP contribution in [0.5, 0.6) is 0 Å². The quantitative estimate of drug-likeness (QED) is 0.616. The zero-order chi connectivity index (χ0) is 14.8. The van der Waals surface area contributed by atoms with Gasteiger partial charge in [-0.1, -0.05) is 37.9 Å². The minimum absolute atomic E-state index is 0.107. The molecule has 0 radical (unpaired) electrons. The molecule has 20 heavy (non-hydrogen) atoms. The smallest absolute Gasteiger partial charge is 0.235 e. The summed E-state index contributed by atoms with van der Waals surface area (Å²) in [4.78, 5) is 15.2. The molecule has 1 saturated heterocycles. The van der Waals surface area contributed by atoms with Gasteiger partial charge in [-0.25, -0.2) is 0 Å². The number of hydrogen-bond donors (Lipinski definition) is 2. The van der Waals surface area contributed by atoms with E-state index in [1.165, 1.54) is 0 Å². The molecule has 0 spiro atoms. The fraction of sp³-hybridized carbons (Fsp3) is 0.867. The maximum absolute atomic E-state index is 13.0. The van der Waals surface area contributed by atoms with Crippen molar-refractivity contribution in [3.63, 3.8) is 0 Å². The standard InChI is InChI=1S/C15H26N2O2S/c1-11(18)12-6-9-17(10-12)14(19)15(13(16)20)7-4-2-3-5-8-15/h11-12,18H,2-10H2,1H3,(H2,16,20). The first-order valence-electron chi connectivity index (χ1n) is 7.75. The molecule has 2 rings (SSSR count). The first-order chi connectivity index (χ1) is 9.47. The summed E-state index contributed by atoms with van der Waals surface area (Å²) in [6.45, 7) is 3.16. The van der Waals surface area contributed by atoms with Crippen LogP contribution in [0.3, 0.4) is 0 Å². The molecule has 1 saturated carbocycles. The minimum atomic E-state index is -0.626. The number of rotatable bonds is 3. The topological polar surface area (TPSA) is 66.6 Å². The average Bonchev–Trinajstić information content (AvgIpc) is 2.76. The lowest BCUT2D eigenvalue weighted by Gasteiger charge is -2.34. The number of carbonyl (C=O) groups is 1. The predicted molar refractivity (Wildman–Crippen MR) is 83.3 cm³/mol. The Morgan fingerprint density at radius 2 is 1.95 bits per heavy atom. The molecule has 1 heterocycles.